The average Bonchev–Trinajstić information content (AvgIpc) is 2.38. The molecule has 0 amide bonds. The molecule has 7 heteroatoms. The maximum absolute atomic E-state index is 13.5. The van der Waals surface area contributed by atoms with Crippen molar-refractivity contribution >= 4 is 12.0 Å². The highest BCUT2D eigenvalue weighted by atomic mass is 19.3. The molecule has 4 nitrogen and oxygen atoms in total. The van der Waals surface area contributed by atoms with E-state index in [1.165, 1.54) is 17.0 Å². The summed E-state index contributed by atoms with van der Waals surface area (Å²) in [5.74, 6) is -1.81. The maximum Gasteiger partial charge on any atom is 0.328 e. The van der Waals surface area contributed by atoms with E-state index in [1.54, 1.807) is 0 Å². The molecule has 0 radical (unpaired) electrons. The molecule has 0 aliphatic carbocycles. The molecular weight excluding hydrogens is 287 g/mol. The number of carboxylic acid groups (broad SMARTS) is 1. The molecule has 0 spiro atoms. The lowest BCUT2D eigenvalue weighted by Gasteiger charge is -2.21. The Kier molecular flexibility index (Phi) is 6.90. The number of aliphatic hydroxyl groups excluding tert-OH is 1. The summed E-state index contributed by atoms with van der Waals surface area (Å²) in [5, 5.41) is 17.4. The molecule has 0 aromatic heterocycles. The Morgan fingerprint density at radius 3 is 2.67 bits per heavy atom. The summed E-state index contributed by atoms with van der Waals surface area (Å²) in [6.07, 6.45) is -0.638. The Hall–Kier alpha value is -1.86. The van der Waals surface area contributed by atoms with E-state index in [4.69, 9.17) is 10.2 Å². The first-order valence-corrected chi connectivity index (χ1v) is 6.23. The number of nitrogens with zero attached hydrogens (tertiary/aromatic N) is 1. The smallest absolute Gasteiger partial charge is 0.328 e. The Labute approximate surface area is 120 Å². The van der Waals surface area contributed by atoms with Gasteiger partial charge in [-0.25, -0.2) is 18.0 Å². The second kappa shape index (κ2) is 8.43. The summed E-state index contributed by atoms with van der Waals surface area (Å²) in [7, 11) is 0. The van der Waals surface area contributed by atoms with Gasteiger partial charge in [0.15, 0.2) is 0 Å². The molecular formula is C14H16F3NO3. The van der Waals surface area contributed by atoms with Crippen molar-refractivity contribution in [1.82, 2.24) is 4.90 Å². The van der Waals surface area contributed by atoms with Gasteiger partial charge in [0.2, 0.25) is 0 Å². The molecule has 1 aromatic rings. The largest absolute Gasteiger partial charge is 0.478 e. The number of benzene rings is 1. The van der Waals surface area contributed by atoms with Gasteiger partial charge < -0.3 is 10.2 Å². The van der Waals surface area contributed by atoms with Gasteiger partial charge in [-0.2, -0.15) is 0 Å². The van der Waals surface area contributed by atoms with E-state index in [1.807, 2.05) is 0 Å². The Morgan fingerprint density at radius 1 is 1.38 bits per heavy atom. The third kappa shape index (κ3) is 6.42. The molecule has 0 saturated heterocycles. The number of carboxylic acids is 1. The van der Waals surface area contributed by atoms with Crippen LogP contribution in [0.2, 0.25) is 0 Å². The molecule has 0 fully saturated rings. The first-order valence-electron chi connectivity index (χ1n) is 6.23. The fourth-order valence-electron chi connectivity index (χ4n) is 1.81. The van der Waals surface area contributed by atoms with Crippen LogP contribution in [0.15, 0.2) is 24.3 Å². The first kappa shape index (κ1) is 17.2. The summed E-state index contributed by atoms with van der Waals surface area (Å²) < 4.78 is 38.3. The third-order valence-corrected chi connectivity index (χ3v) is 2.68. The van der Waals surface area contributed by atoms with Crippen LogP contribution in [0.25, 0.3) is 6.08 Å². The van der Waals surface area contributed by atoms with Crippen LogP contribution in [-0.4, -0.2) is 47.2 Å². The minimum absolute atomic E-state index is 0.0656. The minimum atomic E-state index is -2.54. The SMILES string of the molecule is O=C(O)/C=C/c1cc(CN(CCO)CC(F)F)ccc1F. The molecule has 0 aliphatic heterocycles. The maximum atomic E-state index is 13.5. The normalized spacial score (nSPS) is 11.7. The fraction of sp³-hybridized carbons (Fsp3) is 0.357. The molecule has 0 aliphatic rings. The standard InChI is InChI=1S/C14H16F3NO3/c15-12-3-1-10(7-11(12)2-4-14(20)21)8-18(5-6-19)9-13(16)17/h1-4,7,13,19H,5-6,8-9H2,(H,20,21)/b4-2+. The molecule has 0 unspecified atom stereocenters. The van der Waals surface area contributed by atoms with Gasteiger partial charge in [-0.05, 0) is 23.8 Å². The summed E-state index contributed by atoms with van der Waals surface area (Å²) in [6, 6.07) is 3.98. The van der Waals surface area contributed by atoms with Gasteiger partial charge >= 0.3 is 5.97 Å². The lowest BCUT2D eigenvalue weighted by molar-refractivity contribution is -0.131. The van der Waals surface area contributed by atoms with Crippen LogP contribution in [0.5, 0.6) is 0 Å². The average molecular weight is 303 g/mol. The van der Waals surface area contributed by atoms with Gasteiger partial charge in [-0.1, -0.05) is 6.07 Å². The zero-order chi connectivity index (χ0) is 15.8. The second-order valence-corrected chi connectivity index (χ2v) is 4.38. The quantitative estimate of drug-likeness (QED) is 0.721. The van der Waals surface area contributed by atoms with E-state index in [0.717, 1.165) is 18.2 Å². The molecule has 0 saturated carbocycles. The molecule has 0 atom stereocenters. The molecule has 2 N–H and O–H groups in total. The van der Waals surface area contributed by atoms with Gasteiger partial charge in [-0.3, -0.25) is 4.90 Å². The van der Waals surface area contributed by atoms with E-state index < -0.39 is 24.8 Å². The van der Waals surface area contributed by atoms with Gasteiger partial charge in [0.05, 0.1) is 13.2 Å². The van der Waals surface area contributed by atoms with Crippen LogP contribution in [0.1, 0.15) is 11.1 Å². The van der Waals surface area contributed by atoms with Crippen molar-refractivity contribution in [2.75, 3.05) is 19.7 Å². The number of hydrogen-bond acceptors (Lipinski definition) is 3. The molecule has 116 valence electrons. The van der Waals surface area contributed by atoms with Gasteiger partial charge in [-0.15, -0.1) is 0 Å². The molecule has 1 aromatic carbocycles. The topological polar surface area (TPSA) is 60.8 Å². The number of hydrogen-bond donors (Lipinski definition) is 2. The number of halogens is 3. The van der Waals surface area contributed by atoms with Crippen molar-refractivity contribution in [3.8, 4) is 0 Å². The second-order valence-electron chi connectivity index (χ2n) is 4.38. The van der Waals surface area contributed by atoms with Crippen molar-refractivity contribution < 1.29 is 28.2 Å². The predicted molar refractivity (Wildman–Crippen MR) is 71.4 cm³/mol. The molecule has 0 heterocycles. The number of carbonyl (C=O) groups is 1. The Morgan fingerprint density at radius 2 is 2.10 bits per heavy atom. The van der Waals surface area contributed by atoms with Crippen LogP contribution < -0.4 is 0 Å². The first-order chi connectivity index (χ1) is 9.92. The Bertz CT molecular complexity index is 506. The number of rotatable bonds is 8. The van der Waals surface area contributed by atoms with Crippen LogP contribution in [-0.2, 0) is 11.3 Å². The summed E-state index contributed by atoms with van der Waals surface area (Å²) >= 11 is 0. The van der Waals surface area contributed by atoms with Crippen molar-refractivity contribution in [2.45, 2.75) is 13.0 Å². The zero-order valence-corrected chi connectivity index (χ0v) is 11.2. The van der Waals surface area contributed by atoms with Crippen LogP contribution in [0.4, 0.5) is 13.2 Å². The summed E-state index contributed by atoms with van der Waals surface area (Å²) in [4.78, 5) is 11.8. The van der Waals surface area contributed by atoms with Crippen LogP contribution >= 0.6 is 0 Å². The lowest BCUT2D eigenvalue weighted by atomic mass is 10.1. The summed E-state index contributed by atoms with van der Waals surface area (Å²) in [6.45, 7) is -0.584. The van der Waals surface area contributed by atoms with E-state index in [9.17, 15) is 18.0 Å². The van der Waals surface area contributed by atoms with Crippen molar-refractivity contribution in [1.29, 1.82) is 0 Å². The lowest BCUT2D eigenvalue weighted by Crippen LogP contribution is -2.31. The molecule has 0 bridgehead atoms. The number of alkyl halides is 2. The van der Waals surface area contributed by atoms with E-state index in [-0.39, 0.29) is 25.3 Å². The van der Waals surface area contributed by atoms with Gasteiger partial charge in [0, 0.05) is 24.7 Å². The van der Waals surface area contributed by atoms with Crippen molar-refractivity contribution in [3.05, 3.63) is 41.2 Å². The van der Waals surface area contributed by atoms with E-state index in [0.29, 0.717) is 5.56 Å². The highest BCUT2D eigenvalue weighted by Crippen LogP contribution is 2.15. The number of aliphatic carboxylic acids is 1. The predicted octanol–water partition coefficient (Wildman–Crippen LogP) is 1.98. The zero-order valence-electron chi connectivity index (χ0n) is 11.2. The Balaban J connectivity index is 2.86. The van der Waals surface area contributed by atoms with Crippen LogP contribution in [0.3, 0.4) is 0 Å². The highest BCUT2D eigenvalue weighted by Gasteiger charge is 2.12. The van der Waals surface area contributed by atoms with Crippen LogP contribution in [0, 0.1) is 5.82 Å². The molecule has 21 heavy (non-hydrogen) atoms. The van der Waals surface area contributed by atoms with Gasteiger partial charge in [0.25, 0.3) is 6.43 Å². The number of aliphatic hydroxyl groups is 1. The molecule has 1 rings (SSSR count). The summed E-state index contributed by atoms with van der Waals surface area (Å²) in [5.41, 5.74) is 0.617. The van der Waals surface area contributed by atoms with Gasteiger partial charge in [0.1, 0.15) is 5.82 Å². The third-order valence-electron chi connectivity index (χ3n) is 2.68. The van der Waals surface area contributed by atoms with Crippen molar-refractivity contribution in [2.24, 2.45) is 0 Å². The van der Waals surface area contributed by atoms with Crippen molar-refractivity contribution in [3.63, 3.8) is 0 Å². The highest BCUT2D eigenvalue weighted by molar-refractivity contribution is 5.85. The van der Waals surface area contributed by atoms with E-state index >= 15 is 0 Å². The van der Waals surface area contributed by atoms with E-state index in [2.05, 4.69) is 0 Å². The fourth-order valence-corrected chi connectivity index (χ4v) is 1.81. The monoisotopic (exact) mass is 303 g/mol. The minimum Gasteiger partial charge on any atom is -0.478 e.